The molecule has 0 saturated heterocycles. The predicted octanol–water partition coefficient (Wildman–Crippen LogP) is 10.0. The van der Waals surface area contributed by atoms with Gasteiger partial charge in [0, 0.05) is 24.9 Å². The summed E-state index contributed by atoms with van der Waals surface area (Å²) >= 11 is 0. The van der Waals surface area contributed by atoms with Gasteiger partial charge in [-0.15, -0.1) is 0 Å². The second-order valence-electron chi connectivity index (χ2n) is 13.4. The van der Waals surface area contributed by atoms with Crippen LogP contribution in [0.4, 0.5) is 0 Å². The average Bonchev–Trinajstić information content (AvgIpc) is 2.97. The lowest BCUT2D eigenvalue weighted by Crippen LogP contribution is -2.36. The van der Waals surface area contributed by atoms with Crippen LogP contribution in [0.1, 0.15) is 138 Å². The van der Waals surface area contributed by atoms with Crippen molar-refractivity contribution in [2.75, 3.05) is 13.1 Å². The third kappa shape index (κ3) is 16.7. The Bertz CT molecular complexity index is 977. The highest BCUT2D eigenvalue weighted by molar-refractivity contribution is 5.79. The van der Waals surface area contributed by atoms with Crippen molar-refractivity contribution < 1.29 is 9.59 Å². The lowest BCUT2D eigenvalue weighted by atomic mass is 9.87. The van der Waals surface area contributed by atoms with Gasteiger partial charge in [0.25, 0.3) is 0 Å². The molecule has 0 radical (unpaired) electrons. The van der Waals surface area contributed by atoms with Crippen molar-refractivity contribution in [3.63, 3.8) is 0 Å². The van der Waals surface area contributed by atoms with Crippen LogP contribution in [0.3, 0.4) is 0 Å². The highest BCUT2D eigenvalue weighted by atomic mass is 16.2. The van der Waals surface area contributed by atoms with Crippen LogP contribution < -0.4 is 10.6 Å². The fraction of sp³-hybridized carbons (Fsp3) is 0.641. The fourth-order valence-corrected chi connectivity index (χ4v) is 5.90. The van der Waals surface area contributed by atoms with Crippen molar-refractivity contribution >= 4 is 11.8 Å². The molecule has 0 fully saturated rings. The lowest BCUT2D eigenvalue weighted by molar-refractivity contribution is -0.125. The molecule has 4 heteroatoms. The van der Waals surface area contributed by atoms with Gasteiger partial charge in [-0.2, -0.15) is 0 Å². The summed E-state index contributed by atoms with van der Waals surface area (Å²) in [6.45, 7) is 14.3. The Morgan fingerprint density at radius 3 is 1.42 bits per heavy atom. The van der Waals surface area contributed by atoms with Crippen molar-refractivity contribution in [3.8, 4) is 0 Å². The van der Waals surface area contributed by atoms with E-state index in [0.717, 1.165) is 96.3 Å². The molecule has 4 nitrogen and oxygen atoms in total. The van der Waals surface area contributed by atoms with Gasteiger partial charge in [-0.1, -0.05) is 69.9 Å². The van der Waals surface area contributed by atoms with Crippen molar-refractivity contribution in [1.82, 2.24) is 10.6 Å². The lowest BCUT2D eigenvalue weighted by Gasteiger charge is -2.22. The van der Waals surface area contributed by atoms with Crippen LogP contribution in [0, 0.1) is 11.8 Å². The normalized spacial score (nSPS) is 19.2. The minimum Gasteiger partial charge on any atom is -0.356 e. The first-order valence-electron chi connectivity index (χ1n) is 17.1. The van der Waals surface area contributed by atoms with Crippen LogP contribution in [0.5, 0.6) is 0 Å². The van der Waals surface area contributed by atoms with Crippen molar-refractivity contribution in [1.29, 1.82) is 0 Å². The molecule has 0 heterocycles. The van der Waals surface area contributed by atoms with E-state index in [2.05, 4.69) is 88.6 Å². The second-order valence-corrected chi connectivity index (χ2v) is 13.4. The molecule has 43 heavy (non-hydrogen) atoms. The molecular formula is C39H62N2O2. The number of hydrogen-bond donors (Lipinski definition) is 2. The number of allylic oxidation sites excluding steroid dienone is 12. The Morgan fingerprint density at radius 2 is 1.07 bits per heavy atom. The Labute approximate surface area is 264 Å². The van der Waals surface area contributed by atoms with Gasteiger partial charge in [-0.3, -0.25) is 9.59 Å². The van der Waals surface area contributed by atoms with E-state index < -0.39 is 0 Å². The van der Waals surface area contributed by atoms with Gasteiger partial charge in [0.1, 0.15) is 0 Å². The Balaban J connectivity index is 1.55. The predicted molar refractivity (Wildman–Crippen MR) is 185 cm³/mol. The van der Waals surface area contributed by atoms with Gasteiger partial charge in [0.05, 0.1) is 0 Å². The topological polar surface area (TPSA) is 58.2 Å². The van der Waals surface area contributed by atoms with E-state index in [9.17, 15) is 9.59 Å². The molecule has 2 atom stereocenters. The number of nitrogens with one attached hydrogen (secondary N) is 2. The molecule has 0 spiro atoms. The van der Waals surface area contributed by atoms with E-state index in [-0.39, 0.29) is 23.7 Å². The largest absolute Gasteiger partial charge is 0.356 e. The Hall–Kier alpha value is -2.62. The minimum atomic E-state index is 0.0878. The maximum Gasteiger partial charge on any atom is 0.223 e. The number of hydrogen-bond acceptors (Lipinski definition) is 2. The number of carbonyl (C=O) groups excluding carboxylic acids is 2. The molecule has 2 rings (SSSR count). The van der Waals surface area contributed by atoms with Gasteiger partial charge >= 0.3 is 0 Å². The van der Waals surface area contributed by atoms with Crippen LogP contribution in [0.25, 0.3) is 0 Å². The van der Waals surface area contributed by atoms with Gasteiger partial charge in [-0.25, -0.2) is 0 Å². The quantitative estimate of drug-likeness (QED) is 0.123. The summed E-state index contributed by atoms with van der Waals surface area (Å²) in [4.78, 5) is 25.3. The number of amides is 2. The van der Waals surface area contributed by atoms with Crippen molar-refractivity contribution in [2.45, 2.75) is 138 Å². The van der Waals surface area contributed by atoms with E-state index >= 15 is 0 Å². The Morgan fingerprint density at radius 1 is 0.651 bits per heavy atom. The maximum atomic E-state index is 12.7. The summed E-state index contributed by atoms with van der Waals surface area (Å²) in [6, 6.07) is 0. The molecule has 0 aromatic rings. The molecule has 0 saturated carbocycles. The fourth-order valence-electron chi connectivity index (χ4n) is 5.90. The van der Waals surface area contributed by atoms with Gasteiger partial charge in [-0.05, 0) is 138 Å². The molecule has 2 aliphatic carbocycles. The number of carbonyl (C=O) groups is 2. The maximum absolute atomic E-state index is 12.7. The van der Waals surface area contributed by atoms with E-state index in [4.69, 9.17) is 0 Å². The smallest absolute Gasteiger partial charge is 0.223 e. The third-order valence-electron chi connectivity index (χ3n) is 8.80. The first-order chi connectivity index (χ1) is 20.6. The summed E-state index contributed by atoms with van der Waals surface area (Å²) in [5, 5.41) is 6.21. The Kier molecular flexibility index (Phi) is 18.0. The van der Waals surface area contributed by atoms with Crippen LogP contribution in [-0.4, -0.2) is 24.9 Å². The monoisotopic (exact) mass is 590 g/mol. The van der Waals surface area contributed by atoms with Crippen LogP contribution in [0.15, 0.2) is 69.9 Å². The summed E-state index contributed by atoms with van der Waals surface area (Å²) < 4.78 is 0. The van der Waals surface area contributed by atoms with Gasteiger partial charge in [0.2, 0.25) is 11.8 Å². The molecule has 2 N–H and O–H groups in total. The molecule has 240 valence electrons. The zero-order chi connectivity index (χ0) is 31.5. The van der Waals surface area contributed by atoms with Crippen LogP contribution in [0.2, 0.25) is 0 Å². The highest BCUT2D eigenvalue weighted by Gasteiger charge is 2.22. The van der Waals surface area contributed by atoms with E-state index in [1.807, 2.05) is 0 Å². The zero-order valence-electron chi connectivity index (χ0n) is 28.5. The molecule has 2 unspecified atom stereocenters. The minimum absolute atomic E-state index is 0.0878. The molecule has 0 aromatic carbocycles. The van der Waals surface area contributed by atoms with Crippen LogP contribution in [-0.2, 0) is 9.59 Å². The van der Waals surface area contributed by atoms with E-state index in [1.54, 1.807) is 0 Å². The summed E-state index contributed by atoms with van der Waals surface area (Å²) in [5.41, 5.74) is 8.74. The first-order valence-corrected chi connectivity index (χ1v) is 17.1. The molecule has 0 bridgehead atoms. The van der Waals surface area contributed by atoms with Crippen molar-refractivity contribution in [2.24, 2.45) is 11.8 Å². The zero-order valence-corrected chi connectivity index (χ0v) is 28.5. The van der Waals surface area contributed by atoms with Gasteiger partial charge in [0.15, 0.2) is 0 Å². The summed E-state index contributed by atoms with van der Waals surface area (Å²) in [5.74, 6) is 0.508. The molecule has 0 aliphatic heterocycles. The third-order valence-corrected chi connectivity index (χ3v) is 8.80. The van der Waals surface area contributed by atoms with Crippen molar-refractivity contribution in [3.05, 3.63) is 69.9 Å². The summed E-state index contributed by atoms with van der Waals surface area (Å²) in [7, 11) is 0. The number of rotatable bonds is 18. The highest BCUT2D eigenvalue weighted by Crippen LogP contribution is 2.28. The SMILES string of the molecule is CC(C)=CCC/C(C)=C/CCC1=CCC(C(=O)NCCCNC(=O)C2CC=C(CC/C=C(\C)CCC=C(C)C)CC2)CC1. The molecular weight excluding hydrogens is 528 g/mol. The molecule has 2 amide bonds. The van der Waals surface area contributed by atoms with E-state index in [0.29, 0.717) is 13.1 Å². The van der Waals surface area contributed by atoms with Crippen LogP contribution >= 0.6 is 0 Å². The second kappa shape index (κ2) is 21.1. The molecule has 2 aliphatic rings. The standard InChI is InChI=1S/C39H62N2O2/c1-30(2)12-7-14-32(5)16-9-18-34-20-24-36(25-21-34)38(42)40-28-11-29-41-39(43)37-26-22-35(23-27-37)19-10-17-33(6)15-8-13-31(3)4/h12-13,16-17,20,22,36-37H,7-11,14-15,18-19,21,23-29H2,1-6H3,(H,40,42)(H,41,43)/b32-16+,33-17+. The molecule has 0 aromatic heterocycles. The first kappa shape index (κ1) is 36.6. The van der Waals surface area contributed by atoms with Gasteiger partial charge < -0.3 is 10.6 Å². The average molecular weight is 591 g/mol. The summed E-state index contributed by atoms with van der Waals surface area (Å²) in [6.07, 6.45) is 29.4. The van der Waals surface area contributed by atoms with E-state index in [1.165, 1.54) is 33.4 Å².